The number of para-hydroxylation sites is 1. The molecule has 1 heterocycles. The molecule has 1 unspecified atom stereocenters. The number of carbonyl (C=O) groups excluding carboxylic acids is 1. The van der Waals surface area contributed by atoms with Crippen LogP contribution >= 0.6 is 24.0 Å². The summed E-state index contributed by atoms with van der Waals surface area (Å²) in [6, 6.07) is 6.50. The van der Waals surface area contributed by atoms with Crippen molar-refractivity contribution >= 4 is 35.8 Å². The third-order valence-electron chi connectivity index (χ3n) is 4.27. The molecule has 164 valence electrons. The Kier molecular flexibility index (Phi) is 11.8. The van der Waals surface area contributed by atoms with Crippen molar-refractivity contribution in [2.45, 2.75) is 38.5 Å². The summed E-state index contributed by atoms with van der Waals surface area (Å²) in [5, 5.41) is 6.14. The highest BCUT2D eigenvalue weighted by Gasteiger charge is 2.15. The van der Waals surface area contributed by atoms with Crippen molar-refractivity contribution in [3.63, 3.8) is 0 Å². The molecule has 0 radical (unpaired) electrons. The minimum atomic E-state index is -2.90. The Bertz CT molecular complexity index is 656. The van der Waals surface area contributed by atoms with E-state index in [2.05, 4.69) is 20.4 Å². The number of halogens is 3. The number of nitrogens with one attached hydrogen (secondary N) is 2. The van der Waals surface area contributed by atoms with E-state index in [9.17, 15) is 13.6 Å². The molecule has 0 aliphatic carbocycles. The van der Waals surface area contributed by atoms with Gasteiger partial charge >= 0.3 is 6.61 Å². The molecule has 2 rings (SSSR count). The van der Waals surface area contributed by atoms with Crippen LogP contribution in [-0.2, 0) is 16.1 Å². The number of alkyl halides is 2. The number of benzene rings is 1. The van der Waals surface area contributed by atoms with Crippen LogP contribution in [0.15, 0.2) is 29.3 Å². The Morgan fingerprint density at radius 3 is 2.72 bits per heavy atom. The molecule has 1 aliphatic heterocycles. The fourth-order valence-corrected chi connectivity index (χ4v) is 2.68. The molecule has 1 atom stereocenters. The molecule has 1 saturated heterocycles. The number of rotatable bonds is 8. The van der Waals surface area contributed by atoms with Crippen LogP contribution in [0.4, 0.5) is 8.78 Å². The molecule has 1 aromatic carbocycles. The first-order valence-corrected chi connectivity index (χ1v) is 9.32. The quantitative estimate of drug-likeness (QED) is 0.310. The molecule has 10 heteroatoms. The maximum Gasteiger partial charge on any atom is 0.387 e. The van der Waals surface area contributed by atoms with E-state index >= 15 is 0 Å². The Balaban J connectivity index is 0.00000420. The van der Waals surface area contributed by atoms with E-state index in [-0.39, 0.29) is 54.8 Å². The summed E-state index contributed by atoms with van der Waals surface area (Å²) < 4.78 is 35.4. The van der Waals surface area contributed by atoms with Gasteiger partial charge in [0.15, 0.2) is 5.96 Å². The Morgan fingerprint density at radius 2 is 2.07 bits per heavy atom. The number of nitrogens with zero attached hydrogens (tertiary/aromatic N) is 2. The lowest BCUT2D eigenvalue weighted by Gasteiger charge is -2.24. The van der Waals surface area contributed by atoms with Gasteiger partial charge in [-0.05, 0) is 25.3 Å². The van der Waals surface area contributed by atoms with Crippen LogP contribution in [0.3, 0.4) is 0 Å². The number of hydrogen-bond donors (Lipinski definition) is 2. The van der Waals surface area contributed by atoms with E-state index in [1.807, 2.05) is 0 Å². The summed E-state index contributed by atoms with van der Waals surface area (Å²) >= 11 is 0. The second-order valence-corrected chi connectivity index (χ2v) is 6.66. The number of likely N-dealkylation sites (N-methyl/N-ethyl adjacent to an activating group) is 1. The highest BCUT2D eigenvalue weighted by atomic mass is 127. The zero-order valence-electron chi connectivity index (χ0n) is 16.7. The first-order valence-electron chi connectivity index (χ1n) is 9.32. The van der Waals surface area contributed by atoms with Gasteiger partial charge in [-0.2, -0.15) is 8.78 Å². The van der Waals surface area contributed by atoms with Gasteiger partial charge in [0.2, 0.25) is 5.91 Å². The van der Waals surface area contributed by atoms with Crippen LogP contribution in [0.1, 0.15) is 24.8 Å². The van der Waals surface area contributed by atoms with Crippen molar-refractivity contribution in [3.05, 3.63) is 29.8 Å². The van der Waals surface area contributed by atoms with Gasteiger partial charge in [-0.25, -0.2) is 4.99 Å². The minimum absolute atomic E-state index is 0. The fourth-order valence-electron chi connectivity index (χ4n) is 2.68. The normalized spacial score (nSPS) is 16.7. The maximum absolute atomic E-state index is 12.6. The van der Waals surface area contributed by atoms with Gasteiger partial charge < -0.3 is 25.0 Å². The van der Waals surface area contributed by atoms with E-state index in [0.29, 0.717) is 18.1 Å². The summed E-state index contributed by atoms with van der Waals surface area (Å²) in [6.07, 6.45) is 3.22. The average molecular weight is 526 g/mol. The Hall–Kier alpha value is -1.69. The van der Waals surface area contributed by atoms with Crippen molar-refractivity contribution < 1.29 is 23.0 Å². The summed E-state index contributed by atoms with van der Waals surface area (Å²) in [7, 11) is 3.34. The van der Waals surface area contributed by atoms with Crippen LogP contribution < -0.4 is 15.4 Å². The van der Waals surface area contributed by atoms with E-state index < -0.39 is 6.61 Å². The van der Waals surface area contributed by atoms with Crippen molar-refractivity contribution in [3.8, 4) is 5.75 Å². The van der Waals surface area contributed by atoms with Crippen molar-refractivity contribution in [2.75, 3.05) is 33.8 Å². The predicted molar refractivity (Wildman–Crippen MR) is 118 cm³/mol. The van der Waals surface area contributed by atoms with E-state index in [1.165, 1.54) is 11.0 Å². The lowest BCUT2D eigenvalue weighted by Crippen LogP contribution is -2.45. The smallest absolute Gasteiger partial charge is 0.387 e. The first-order chi connectivity index (χ1) is 13.5. The monoisotopic (exact) mass is 526 g/mol. The Morgan fingerprint density at radius 1 is 1.31 bits per heavy atom. The summed E-state index contributed by atoms with van der Waals surface area (Å²) in [5.41, 5.74) is 0.525. The molecule has 7 nitrogen and oxygen atoms in total. The molecular formula is C19H29F2IN4O3. The number of ether oxygens (including phenoxy) is 2. The molecule has 1 aliphatic rings. The van der Waals surface area contributed by atoms with Crippen LogP contribution in [0.5, 0.6) is 5.75 Å². The Labute approximate surface area is 187 Å². The molecule has 0 spiro atoms. The number of guanidine groups is 1. The van der Waals surface area contributed by atoms with Gasteiger partial charge in [0, 0.05) is 32.8 Å². The van der Waals surface area contributed by atoms with Gasteiger partial charge in [-0.15, -0.1) is 24.0 Å². The number of hydrogen-bond acceptors (Lipinski definition) is 4. The predicted octanol–water partition coefficient (Wildman–Crippen LogP) is 2.60. The van der Waals surface area contributed by atoms with Crippen molar-refractivity contribution in [1.82, 2.24) is 15.5 Å². The number of carbonyl (C=O) groups is 1. The van der Waals surface area contributed by atoms with Crippen LogP contribution in [0.2, 0.25) is 0 Å². The molecule has 0 bridgehead atoms. The molecule has 29 heavy (non-hydrogen) atoms. The van der Waals surface area contributed by atoms with Crippen molar-refractivity contribution in [1.29, 1.82) is 0 Å². The number of aliphatic imine (C=N–C) groups is 1. The van der Waals surface area contributed by atoms with E-state index in [1.54, 1.807) is 32.3 Å². The summed E-state index contributed by atoms with van der Waals surface area (Å²) in [5.74, 6) is 0.390. The third kappa shape index (κ3) is 9.57. The molecule has 0 saturated carbocycles. The molecule has 0 aromatic heterocycles. The summed E-state index contributed by atoms with van der Waals surface area (Å²) in [4.78, 5) is 17.7. The molecule has 1 fully saturated rings. The molecule has 2 N–H and O–H groups in total. The minimum Gasteiger partial charge on any atom is -0.434 e. The topological polar surface area (TPSA) is 75.2 Å². The second-order valence-electron chi connectivity index (χ2n) is 6.66. The van der Waals surface area contributed by atoms with E-state index in [0.717, 1.165) is 25.9 Å². The van der Waals surface area contributed by atoms with Crippen LogP contribution in [0, 0.1) is 0 Å². The molecule has 1 aromatic rings. The zero-order chi connectivity index (χ0) is 20.4. The zero-order valence-corrected chi connectivity index (χ0v) is 19.0. The van der Waals surface area contributed by atoms with E-state index in [4.69, 9.17) is 4.74 Å². The lowest BCUT2D eigenvalue weighted by atomic mass is 10.1. The highest BCUT2D eigenvalue weighted by Crippen LogP contribution is 2.21. The first kappa shape index (κ1) is 25.3. The van der Waals surface area contributed by atoms with Gasteiger partial charge in [0.05, 0.1) is 19.2 Å². The average Bonchev–Trinajstić information content (AvgIpc) is 2.68. The van der Waals surface area contributed by atoms with Crippen LogP contribution in [0.25, 0.3) is 0 Å². The highest BCUT2D eigenvalue weighted by molar-refractivity contribution is 14.0. The second kappa shape index (κ2) is 13.5. The lowest BCUT2D eigenvalue weighted by molar-refractivity contribution is -0.127. The van der Waals surface area contributed by atoms with Gasteiger partial charge in [0.1, 0.15) is 5.75 Å². The largest absolute Gasteiger partial charge is 0.434 e. The SMILES string of the molecule is CN(C)C(=O)CNC(=NCc1ccccc1OC(F)F)NCC1CCCCO1.I. The third-order valence-corrected chi connectivity index (χ3v) is 4.27. The van der Waals surface area contributed by atoms with Gasteiger partial charge in [-0.3, -0.25) is 4.79 Å². The molecule has 1 amide bonds. The van der Waals surface area contributed by atoms with Gasteiger partial charge in [0.25, 0.3) is 0 Å². The fraction of sp³-hybridized carbons (Fsp3) is 0.579. The number of amides is 1. The molecular weight excluding hydrogens is 497 g/mol. The van der Waals surface area contributed by atoms with Crippen molar-refractivity contribution in [2.24, 2.45) is 4.99 Å². The summed E-state index contributed by atoms with van der Waals surface area (Å²) in [6.45, 7) is -1.41. The maximum atomic E-state index is 12.6. The van der Waals surface area contributed by atoms with Gasteiger partial charge in [-0.1, -0.05) is 18.2 Å². The standard InChI is InChI=1S/C19H28F2N4O3.HI/c1-25(2)17(26)13-24-19(23-12-15-8-5-6-10-27-15)22-11-14-7-3-4-9-16(14)28-18(20)21;/h3-4,7,9,15,18H,5-6,8,10-13H2,1-2H3,(H2,22,23,24);1H. The van der Waals surface area contributed by atoms with Crippen LogP contribution in [-0.4, -0.2) is 63.3 Å².